The fourth-order valence-corrected chi connectivity index (χ4v) is 4.68. The van der Waals surface area contributed by atoms with Crippen molar-refractivity contribution in [1.29, 1.82) is 0 Å². The van der Waals surface area contributed by atoms with Crippen molar-refractivity contribution in [2.45, 2.75) is 24.6 Å². The van der Waals surface area contributed by atoms with Crippen molar-refractivity contribution >= 4 is 17.7 Å². The van der Waals surface area contributed by atoms with E-state index in [1.165, 1.54) is 0 Å². The Bertz CT molecular complexity index is 1050. The van der Waals surface area contributed by atoms with Crippen molar-refractivity contribution < 1.29 is 28.6 Å². The van der Waals surface area contributed by atoms with Crippen molar-refractivity contribution in [3.05, 3.63) is 65.7 Å². The van der Waals surface area contributed by atoms with Gasteiger partial charge in [-0.05, 0) is 30.3 Å². The summed E-state index contributed by atoms with van der Waals surface area (Å²) in [5, 5.41) is 2.83. The molecule has 186 valence electrons. The predicted molar refractivity (Wildman–Crippen MR) is 128 cm³/mol. The second-order valence-corrected chi connectivity index (χ2v) is 8.62. The molecule has 0 saturated carbocycles. The standard InChI is InChI=1S/C26H31N3O6/c1-33-16-13-27-23(30)22-18-35-26(29(22)25(32)19-7-4-3-5-8-19)11-14-28(15-12-26)24(31)20-9-6-10-21(17-20)34-2/h3-10,17,22H,11-16,18H2,1-2H3,(H,27,30)/t22-/m1/s1. The Balaban J connectivity index is 1.53. The van der Waals surface area contributed by atoms with E-state index in [4.69, 9.17) is 14.2 Å². The lowest BCUT2D eigenvalue weighted by atomic mass is 9.96. The van der Waals surface area contributed by atoms with Crippen LogP contribution in [0.2, 0.25) is 0 Å². The van der Waals surface area contributed by atoms with Crippen LogP contribution in [0, 0.1) is 0 Å². The number of hydrogen-bond donors (Lipinski definition) is 1. The van der Waals surface area contributed by atoms with E-state index in [-0.39, 0.29) is 24.3 Å². The van der Waals surface area contributed by atoms with Crippen LogP contribution in [0.1, 0.15) is 33.6 Å². The topological polar surface area (TPSA) is 97.4 Å². The summed E-state index contributed by atoms with van der Waals surface area (Å²) in [6, 6.07) is 15.2. The largest absolute Gasteiger partial charge is 0.497 e. The van der Waals surface area contributed by atoms with Crippen molar-refractivity contribution in [3.63, 3.8) is 0 Å². The highest BCUT2D eigenvalue weighted by Crippen LogP contribution is 2.39. The van der Waals surface area contributed by atoms with Gasteiger partial charge in [0.1, 0.15) is 17.5 Å². The summed E-state index contributed by atoms with van der Waals surface area (Å²) in [5.41, 5.74) is 0.0728. The molecule has 0 unspecified atom stereocenters. The average molecular weight is 482 g/mol. The third-order valence-electron chi connectivity index (χ3n) is 6.56. The highest BCUT2D eigenvalue weighted by atomic mass is 16.5. The van der Waals surface area contributed by atoms with Crippen LogP contribution >= 0.6 is 0 Å². The summed E-state index contributed by atoms with van der Waals surface area (Å²) >= 11 is 0. The van der Waals surface area contributed by atoms with Crippen molar-refractivity contribution in [2.75, 3.05) is 47.1 Å². The van der Waals surface area contributed by atoms with E-state index >= 15 is 0 Å². The summed E-state index contributed by atoms with van der Waals surface area (Å²) in [7, 11) is 3.12. The fourth-order valence-electron chi connectivity index (χ4n) is 4.68. The van der Waals surface area contributed by atoms with Gasteiger partial charge >= 0.3 is 0 Å². The first kappa shape index (κ1) is 24.7. The Morgan fingerprint density at radius 1 is 1.00 bits per heavy atom. The summed E-state index contributed by atoms with van der Waals surface area (Å²) in [5.74, 6) is -0.0300. The highest BCUT2D eigenvalue weighted by Gasteiger charge is 2.54. The van der Waals surface area contributed by atoms with Crippen molar-refractivity contribution in [2.24, 2.45) is 0 Å². The fraction of sp³-hybridized carbons (Fsp3) is 0.423. The van der Waals surface area contributed by atoms with E-state index in [2.05, 4.69) is 5.32 Å². The highest BCUT2D eigenvalue weighted by molar-refractivity contribution is 5.98. The van der Waals surface area contributed by atoms with Crippen LogP contribution < -0.4 is 10.1 Å². The van der Waals surface area contributed by atoms with Gasteiger partial charge in [0.25, 0.3) is 11.8 Å². The van der Waals surface area contributed by atoms with Gasteiger partial charge in [0.2, 0.25) is 5.91 Å². The van der Waals surface area contributed by atoms with Gasteiger partial charge in [-0.1, -0.05) is 24.3 Å². The number of carbonyl (C=O) groups is 3. The predicted octanol–water partition coefficient (Wildman–Crippen LogP) is 1.93. The molecular weight excluding hydrogens is 450 g/mol. The Hall–Kier alpha value is -3.43. The maximum atomic E-state index is 13.6. The van der Waals surface area contributed by atoms with E-state index in [0.717, 1.165) is 0 Å². The Labute approximate surface area is 204 Å². The minimum absolute atomic E-state index is 0.0984. The van der Waals surface area contributed by atoms with Gasteiger partial charge in [-0.2, -0.15) is 0 Å². The maximum Gasteiger partial charge on any atom is 0.256 e. The third-order valence-corrected chi connectivity index (χ3v) is 6.56. The smallest absolute Gasteiger partial charge is 0.256 e. The Kier molecular flexibility index (Phi) is 7.67. The molecule has 2 aromatic rings. The zero-order chi connectivity index (χ0) is 24.8. The van der Waals surface area contributed by atoms with Crippen LogP contribution in [-0.2, 0) is 14.3 Å². The van der Waals surface area contributed by atoms with Crippen molar-refractivity contribution in [3.8, 4) is 5.75 Å². The first-order valence-corrected chi connectivity index (χ1v) is 11.7. The first-order chi connectivity index (χ1) is 17.0. The molecular formula is C26H31N3O6. The molecule has 1 N–H and O–H groups in total. The van der Waals surface area contributed by atoms with Crippen LogP contribution in [0.15, 0.2) is 54.6 Å². The minimum atomic E-state index is -0.957. The maximum absolute atomic E-state index is 13.6. The molecule has 9 heteroatoms. The number of piperidine rings is 1. The van der Waals surface area contributed by atoms with Crippen LogP contribution in [-0.4, -0.2) is 86.4 Å². The Morgan fingerprint density at radius 3 is 2.40 bits per heavy atom. The lowest BCUT2D eigenvalue weighted by molar-refractivity contribution is -0.128. The van der Waals surface area contributed by atoms with E-state index in [9.17, 15) is 14.4 Å². The summed E-state index contributed by atoms with van der Waals surface area (Å²) in [6.07, 6.45) is 0.812. The zero-order valence-corrected chi connectivity index (χ0v) is 20.1. The number of likely N-dealkylation sites (tertiary alicyclic amines) is 1. The molecule has 1 spiro atoms. The average Bonchev–Trinajstić information content (AvgIpc) is 3.27. The summed E-state index contributed by atoms with van der Waals surface area (Å²) in [4.78, 5) is 43.0. The molecule has 2 fully saturated rings. The van der Waals surface area contributed by atoms with Crippen LogP contribution in [0.25, 0.3) is 0 Å². The van der Waals surface area contributed by atoms with E-state index in [0.29, 0.717) is 56.0 Å². The van der Waals surface area contributed by atoms with Crippen LogP contribution in [0.3, 0.4) is 0 Å². The summed E-state index contributed by atoms with van der Waals surface area (Å²) < 4.78 is 16.5. The number of hydrogen-bond acceptors (Lipinski definition) is 6. The number of carbonyl (C=O) groups excluding carboxylic acids is 3. The number of amides is 3. The molecule has 2 saturated heterocycles. The molecule has 0 aliphatic carbocycles. The number of nitrogens with zero attached hydrogens (tertiary/aromatic N) is 2. The summed E-state index contributed by atoms with van der Waals surface area (Å²) in [6.45, 7) is 1.61. The second kappa shape index (κ2) is 10.9. The molecule has 0 bridgehead atoms. The molecule has 3 amide bonds. The van der Waals surface area contributed by atoms with Gasteiger partial charge in [0, 0.05) is 50.7 Å². The van der Waals surface area contributed by atoms with E-state index in [1.807, 2.05) is 6.07 Å². The van der Waals surface area contributed by atoms with Gasteiger partial charge in [-0.3, -0.25) is 19.3 Å². The molecule has 0 radical (unpaired) electrons. The van der Waals surface area contributed by atoms with Gasteiger partial charge < -0.3 is 24.4 Å². The number of nitrogens with one attached hydrogen (secondary N) is 1. The molecule has 2 aromatic carbocycles. The molecule has 2 aliphatic rings. The molecule has 1 atom stereocenters. The lowest BCUT2D eigenvalue weighted by Crippen LogP contribution is -2.60. The van der Waals surface area contributed by atoms with E-state index in [1.54, 1.807) is 72.6 Å². The first-order valence-electron chi connectivity index (χ1n) is 11.7. The molecule has 0 aromatic heterocycles. The SMILES string of the molecule is COCCNC(=O)[C@H]1COC2(CCN(C(=O)c3cccc(OC)c3)CC2)N1C(=O)c1ccccc1. The molecule has 9 nitrogen and oxygen atoms in total. The Morgan fingerprint density at radius 2 is 1.71 bits per heavy atom. The quantitative estimate of drug-likeness (QED) is 0.607. The third kappa shape index (κ3) is 5.16. The van der Waals surface area contributed by atoms with Gasteiger partial charge in [0.05, 0.1) is 20.3 Å². The molecule has 35 heavy (non-hydrogen) atoms. The van der Waals surface area contributed by atoms with E-state index < -0.39 is 11.8 Å². The van der Waals surface area contributed by atoms with Crippen molar-refractivity contribution in [1.82, 2.24) is 15.1 Å². The van der Waals surface area contributed by atoms with Crippen LogP contribution in [0.4, 0.5) is 0 Å². The number of benzene rings is 2. The second-order valence-electron chi connectivity index (χ2n) is 8.62. The van der Waals surface area contributed by atoms with Crippen LogP contribution in [0.5, 0.6) is 5.75 Å². The normalized spacial score (nSPS) is 19.0. The number of rotatable bonds is 7. The zero-order valence-electron chi connectivity index (χ0n) is 20.1. The number of ether oxygens (including phenoxy) is 3. The van der Waals surface area contributed by atoms with Gasteiger partial charge in [0.15, 0.2) is 0 Å². The minimum Gasteiger partial charge on any atom is -0.497 e. The molecule has 2 aliphatic heterocycles. The lowest BCUT2D eigenvalue weighted by Gasteiger charge is -2.44. The van der Waals surface area contributed by atoms with Gasteiger partial charge in [-0.15, -0.1) is 0 Å². The number of methoxy groups -OCH3 is 2. The van der Waals surface area contributed by atoms with Gasteiger partial charge in [-0.25, -0.2) is 0 Å². The molecule has 2 heterocycles. The monoisotopic (exact) mass is 481 g/mol. The molecule has 4 rings (SSSR count).